The molecular weight excluding hydrogens is 240 g/mol. The summed E-state index contributed by atoms with van der Waals surface area (Å²) in [5.74, 6) is -0.126. The fraction of sp³-hybridized carbons (Fsp3) is 0.533. The van der Waals surface area contributed by atoms with Gasteiger partial charge in [0.05, 0.1) is 12.0 Å². The fourth-order valence-corrected chi connectivity index (χ4v) is 2.61. The number of carbonyl (C=O) groups is 1. The molecule has 1 amide bonds. The lowest BCUT2D eigenvalue weighted by Gasteiger charge is -2.27. The third kappa shape index (κ3) is 3.78. The fourth-order valence-electron chi connectivity index (χ4n) is 2.61. The molecule has 19 heavy (non-hydrogen) atoms. The molecule has 1 aromatic rings. The number of nitrogens with one attached hydrogen (secondary N) is 1. The third-order valence-corrected chi connectivity index (χ3v) is 3.81. The maximum atomic E-state index is 12.0. The van der Waals surface area contributed by atoms with E-state index in [2.05, 4.69) is 5.32 Å². The van der Waals surface area contributed by atoms with Crippen LogP contribution in [-0.4, -0.2) is 23.6 Å². The first-order valence-corrected chi connectivity index (χ1v) is 6.95. The average Bonchev–Trinajstić information content (AvgIpc) is 2.46. The molecular formula is C15H22N2O2. The first kappa shape index (κ1) is 14.0. The summed E-state index contributed by atoms with van der Waals surface area (Å²) >= 11 is 0. The van der Waals surface area contributed by atoms with Crippen LogP contribution in [0.5, 0.6) is 0 Å². The molecule has 0 radical (unpaired) electrons. The lowest BCUT2D eigenvalue weighted by molar-refractivity contribution is -0.126. The molecule has 3 atom stereocenters. The van der Waals surface area contributed by atoms with Crippen LogP contribution in [-0.2, 0) is 4.79 Å². The molecule has 0 aromatic heterocycles. The van der Waals surface area contributed by atoms with Crippen molar-refractivity contribution in [2.75, 3.05) is 6.54 Å². The third-order valence-electron chi connectivity index (χ3n) is 3.81. The van der Waals surface area contributed by atoms with Gasteiger partial charge in [-0.2, -0.15) is 0 Å². The second kappa shape index (κ2) is 6.68. The van der Waals surface area contributed by atoms with E-state index in [9.17, 15) is 9.90 Å². The van der Waals surface area contributed by atoms with Gasteiger partial charge in [-0.25, -0.2) is 0 Å². The van der Waals surface area contributed by atoms with Crippen molar-refractivity contribution in [1.82, 2.24) is 5.32 Å². The smallest absolute Gasteiger partial charge is 0.224 e. The van der Waals surface area contributed by atoms with E-state index >= 15 is 0 Å². The van der Waals surface area contributed by atoms with Crippen LogP contribution in [0.1, 0.15) is 37.4 Å². The SMILES string of the molecule is NC1CCCCC1C(=O)NCC(O)c1ccccc1. The summed E-state index contributed by atoms with van der Waals surface area (Å²) in [6.07, 6.45) is 3.28. The van der Waals surface area contributed by atoms with E-state index in [0.29, 0.717) is 0 Å². The van der Waals surface area contributed by atoms with Gasteiger partial charge in [-0.15, -0.1) is 0 Å². The van der Waals surface area contributed by atoms with Crippen molar-refractivity contribution in [1.29, 1.82) is 0 Å². The van der Waals surface area contributed by atoms with Crippen LogP contribution < -0.4 is 11.1 Å². The molecule has 4 nitrogen and oxygen atoms in total. The second-order valence-electron chi connectivity index (χ2n) is 5.23. The van der Waals surface area contributed by atoms with Gasteiger partial charge in [-0.3, -0.25) is 4.79 Å². The zero-order chi connectivity index (χ0) is 13.7. The lowest BCUT2D eigenvalue weighted by Crippen LogP contribution is -2.44. The quantitative estimate of drug-likeness (QED) is 0.766. The molecule has 0 spiro atoms. The number of nitrogens with two attached hydrogens (primary N) is 1. The molecule has 4 heteroatoms. The van der Waals surface area contributed by atoms with Gasteiger partial charge in [0.1, 0.15) is 0 Å². The molecule has 0 bridgehead atoms. The summed E-state index contributed by atoms with van der Waals surface area (Å²) in [5.41, 5.74) is 6.79. The number of carbonyl (C=O) groups excluding carboxylic acids is 1. The zero-order valence-electron chi connectivity index (χ0n) is 11.1. The number of aliphatic hydroxyl groups is 1. The second-order valence-corrected chi connectivity index (χ2v) is 5.23. The molecule has 0 heterocycles. The van der Waals surface area contributed by atoms with Crippen molar-refractivity contribution >= 4 is 5.91 Å². The van der Waals surface area contributed by atoms with Gasteiger partial charge in [0.25, 0.3) is 0 Å². The number of aliphatic hydroxyl groups excluding tert-OH is 1. The van der Waals surface area contributed by atoms with Crippen LogP contribution in [0.15, 0.2) is 30.3 Å². The summed E-state index contributed by atoms with van der Waals surface area (Å²) in [6.45, 7) is 0.242. The predicted molar refractivity (Wildman–Crippen MR) is 74.3 cm³/mol. The van der Waals surface area contributed by atoms with Gasteiger partial charge in [0.15, 0.2) is 0 Å². The van der Waals surface area contributed by atoms with Gasteiger partial charge in [0.2, 0.25) is 5.91 Å². The largest absolute Gasteiger partial charge is 0.387 e. The van der Waals surface area contributed by atoms with E-state index in [-0.39, 0.29) is 24.4 Å². The number of benzene rings is 1. The lowest BCUT2D eigenvalue weighted by atomic mass is 9.84. The first-order chi connectivity index (χ1) is 9.18. The Morgan fingerprint density at radius 1 is 1.32 bits per heavy atom. The van der Waals surface area contributed by atoms with Crippen molar-refractivity contribution < 1.29 is 9.90 Å². The van der Waals surface area contributed by atoms with E-state index in [4.69, 9.17) is 5.73 Å². The molecule has 104 valence electrons. The Hall–Kier alpha value is -1.39. The van der Waals surface area contributed by atoms with Gasteiger partial charge in [-0.1, -0.05) is 43.2 Å². The molecule has 1 aliphatic carbocycles. The standard InChI is InChI=1S/C15H22N2O2/c16-13-9-5-4-8-12(13)15(19)17-10-14(18)11-6-2-1-3-7-11/h1-3,6-7,12-14,18H,4-5,8-10,16H2,(H,17,19). The molecule has 0 aliphatic heterocycles. The van der Waals surface area contributed by atoms with E-state index in [1.54, 1.807) is 0 Å². The minimum absolute atomic E-state index is 0.0258. The highest BCUT2D eigenvalue weighted by Crippen LogP contribution is 2.23. The Morgan fingerprint density at radius 2 is 2.00 bits per heavy atom. The number of hydrogen-bond donors (Lipinski definition) is 3. The van der Waals surface area contributed by atoms with Gasteiger partial charge >= 0.3 is 0 Å². The zero-order valence-corrected chi connectivity index (χ0v) is 11.1. The Labute approximate surface area is 114 Å². The van der Waals surface area contributed by atoms with Crippen LogP contribution >= 0.6 is 0 Å². The predicted octanol–water partition coefficient (Wildman–Crippen LogP) is 1.35. The van der Waals surface area contributed by atoms with Gasteiger partial charge in [0, 0.05) is 12.6 Å². The van der Waals surface area contributed by atoms with Gasteiger partial charge in [-0.05, 0) is 18.4 Å². The molecule has 1 aliphatic rings. The molecule has 1 saturated carbocycles. The summed E-state index contributed by atoms with van der Waals surface area (Å²) in [6, 6.07) is 9.31. The number of rotatable bonds is 4. The Balaban J connectivity index is 1.83. The number of amides is 1. The van der Waals surface area contributed by atoms with Crippen LogP contribution in [0.3, 0.4) is 0 Å². The molecule has 4 N–H and O–H groups in total. The molecule has 3 unspecified atom stereocenters. The summed E-state index contributed by atoms with van der Waals surface area (Å²) in [7, 11) is 0. The molecule has 1 fully saturated rings. The maximum Gasteiger partial charge on any atom is 0.224 e. The Morgan fingerprint density at radius 3 is 2.68 bits per heavy atom. The van der Waals surface area contributed by atoms with Crippen LogP contribution in [0.4, 0.5) is 0 Å². The van der Waals surface area contributed by atoms with Gasteiger partial charge < -0.3 is 16.2 Å². The minimum Gasteiger partial charge on any atom is -0.387 e. The van der Waals surface area contributed by atoms with Crippen molar-refractivity contribution in [3.8, 4) is 0 Å². The van der Waals surface area contributed by atoms with Crippen molar-refractivity contribution in [3.63, 3.8) is 0 Å². The highest BCUT2D eigenvalue weighted by molar-refractivity contribution is 5.79. The highest BCUT2D eigenvalue weighted by Gasteiger charge is 2.28. The summed E-state index contributed by atoms with van der Waals surface area (Å²) < 4.78 is 0. The van der Waals surface area contributed by atoms with E-state index in [0.717, 1.165) is 31.2 Å². The summed E-state index contributed by atoms with van der Waals surface area (Å²) in [4.78, 5) is 12.0. The van der Waals surface area contributed by atoms with Crippen molar-refractivity contribution in [2.24, 2.45) is 11.7 Å². The van der Waals surface area contributed by atoms with E-state index < -0.39 is 6.10 Å². The Bertz CT molecular complexity index is 408. The van der Waals surface area contributed by atoms with Crippen molar-refractivity contribution in [2.45, 2.75) is 37.8 Å². The molecule has 2 rings (SSSR count). The molecule has 1 aromatic carbocycles. The highest BCUT2D eigenvalue weighted by atomic mass is 16.3. The van der Waals surface area contributed by atoms with Crippen LogP contribution in [0.25, 0.3) is 0 Å². The topological polar surface area (TPSA) is 75.4 Å². The van der Waals surface area contributed by atoms with Crippen LogP contribution in [0, 0.1) is 5.92 Å². The minimum atomic E-state index is -0.662. The van der Waals surface area contributed by atoms with Crippen LogP contribution in [0.2, 0.25) is 0 Å². The van der Waals surface area contributed by atoms with E-state index in [1.807, 2.05) is 30.3 Å². The summed E-state index contributed by atoms with van der Waals surface area (Å²) in [5, 5.41) is 12.8. The molecule has 0 saturated heterocycles. The maximum absolute atomic E-state index is 12.0. The Kier molecular flexibility index (Phi) is 4.93. The van der Waals surface area contributed by atoms with E-state index in [1.165, 1.54) is 0 Å². The monoisotopic (exact) mass is 262 g/mol. The normalized spacial score (nSPS) is 24.7. The first-order valence-electron chi connectivity index (χ1n) is 6.95. The number of hydrogen-bond acceptors (Lipinski definition) is 3. The average molecular weight is 262 g/mol. The van der Waals surface area contributed by atoms with Crippen molar-refractivity contribution in [3.05, 3.63) is 35.9 Å².